The molecule has 0 bridgehead atoms. The zero-order chi connectivity index (χ0) is 12.0. The largest absolute Gasteiger partial charge is 0.369 e. The molecule has 4 heteroatoms. The van der Waals surface area contributed by atoms with Crippen LogP contribution in [0.1, 0.15) is 32.8 Å². The van der Waals surface area contributed by atoms with E-state index in [2.05, 4.69) is 9.97 Å². The van der Waals surface area contributed by atoms with E-state index in [4.69, 9.17) is 4.74 Å². The highest BCUT2D eigenvalue weighted by Crippen LogP contribution is 2.20. The first-order chi connectivity index (χ1) is 7.56. The van der Waals surface area contributed by atoms with E-state index in [9.17, 15) is 4.79 Å². The van der Waals surface area contributed by atoms with E-state index in [1.165, 1.54) is 6.33 Å². The number of aromatic nitrogens is 2. The fraction of sp³-hybridized carbons (Fsp3) is 0.583. The second-order valence-corrected chi connectivity index (χ2v) is 4.40. The summed E-state index contributed by atoms with van der Waals surface area (Å²) in [6.45, 7) is 6.40. The Morgan fingerprint density at radius 2 is 2.00 bits per heavy atom. The summed E-state index contributed by atoms with van der Waals surface area (Å²) < 4.78 is 5.34. The van der Waals surface area contributed by atoms with Gasteiger partial charge in [-0.15, -0.1) is 0 Å². The Kier molecular flexibility index (Phi) is 4.55. The van der Waals surface area contributed by atoms with Gasteiger partial charge in [0.2, 0.25) is 0 Å². The maximum absolute atomic E-state index is 11.7. The Morgan fingerprint density at radius 3 is 2.56 bits per heavy atom. The predicted octanol–water partition coefficient (Wildman–Crippen LogP) is 2.00. The number of Topliss-reactive ketones (excluding diaryl/α,β-unsaturated/α-hetero) is 1. The van der Waals surface area contributed by atoms with Crippen LogP contribution < -0.4 is 0 Å². The summed E-state index contributed by atoms with van der Waals surface area (Å²) in [5.41, 5.74) is 0.581. The highest BCUT2D eigenvalue weighted by molar-refractivity contribution is 5.85. The predicted molar refractivity (Wildman–Crippen MR) is 60.8 cm³/mol. The quantitative estimate of drug-likeness (QED) is 0.738. The third-order valence-electron chi connectivity index (χ3n) is 2.75. The molecule has 16 heavy (non-hydrogen) atoms. The summed E-state index contributed by atoms with van der Waals surface area (Å²) in [5, 5.41) is 0. The van der Waals surface area contributed by atoms with Crippen molar-refractivity contribution >= 4 is 5.78 Å². The van der Waals surface area contributed by atoms with Gasteiger partial charge in [-0.3, -0.25) is 4.79 Å². The van der Waals surface area contributed by atoms with Crippen molar-refractivity contribution in [1.29, 1.82) is 0 Å². The van der Waals surface area contributed by atoms with Crippen LogP contribution in [0.4, 0.5) is 0 Å². The van der Waals surface area contributed by atoms with Crippen LogP contribution in [0.2, 0.25) is 0 Å². The Bertz CT molecular complexity index is 336. The summed E-state index contributed by atoms with van der Waals surface area (Å²) in [6, 6.07) is 0. The molecule has 0 N–H and O–H groups in total. The zero-order valence-electron chi connectivity index (χ0n) is 10.1. The van der Waals surface area contributed by atoms with Gasteiger partial charge < -0.3 is 4.74 Å². The van der Waals surface area contributed by atoms with Gasteiger partial charge in [0, 0.05) is 23.4 Å². The van der Waals surface area contributed by atoms with Crippen LogP contribution in [0.15, 0.2) is 18.7 Å². The second kappa shape index (κ2) is 5.70. The highest BCUT2D eigenvalue weighted by atomic mass is 16.5. The molecular formula is C12H18N2O2. The minimum Gasteiger partial charge on any atom is -0.369 e. The minimum atomic E-state index is -0.298. The lowest BCUT2D eigenvalue weighted by molar-refractivity contribution is -0.132. The lowest BCUT2D eigenvalue weighted by Crippen LogP contribution is -2.27. The Hall–Kier alpha value is -1.29. The van der Waals surface area contributed by atoms with Crippen molar-refractivity contribution in [2.24, 2.45) is 5.41 Å². The monoisotopic (exact) mass is 222 g/mol. The van der Waals surface area contributed by atoms with Gasteiger partial charge in [-0.25, -0.2) is 9.97 Å². The zero-order valence-corrected chi connectivity index (χ0v) is 10.1. The van der Waals surface area contributed by atoms with Crippen molar-refractivity contribution in [2.45, 2.75) is 33.8 Å². The summed E-state index contributed by atoms with van der Waals surface area (Å²) in [6.07, 6.45) is 5.66. The van der Waals surface area contributed by atoms with E-state index in [0.717, 1.165) is 12.0 Å². The molecule has 0 saturated carbocycles. The van der Waals surface area contributed by atoms with Crippen molar-refractivity contribution in [3.05, 3.63) is 24.3 Å². The first-order valence-corrected chi connectivity index (χ1v) is 5.41. The molecule has 0 unspecified atom stereocenters. The average Bonchev–Trinajstić information content (AvgIpc) is 2.30. The number of hydrogen-bond acceptors (Lipinski definition) is 4. The molecular weight excluding hydrogens is 204 g/mol. The molecule has 0 atom stereocenters. The molecule has 88 valence electrons. The molecule has 4 nitrogen and oxygen atoms in total. The van der Waals surface area contributed by atoms with Crippen molar-refractivity contribution in [2.75, 3.05) is 6.61 Å². The molecule has 0 radical (unpaired) electrons. The van der Waals surface area contributed by atoms with Gasteiger partial charge in [0.1, 0.15) is 12.9 Å². The minimum absolute atomic E-state index is 0.131. The van der Waals surface area contributed by atoms with E-state index < -0.39 is 0 Å². The summed E-state index contributed by atoms with van der Waals surface area (Å²) in [5.74, 6) is 0.131. The van der Waals surface area contributed by atoms with Gasteiger partial charge in [-0.1, -0.05) is 20.8 Å². The van der Waals surface area contributed by atoms with Gasteiger partial charge >= 0.3 is 0 Å². The fourth-order valence-electron chi connectivity index (χ4n) is 1.06. The first-order valence-electron chi connectivity index (χ1n) is 5.41. The molecule has 0 spiro atoms. The molecule has 1 rings (SSSR count). The number of nitrogens with zero attached hydrogens (tertiary/aromatic N) is 2. The van der Waals surface area contributed by atoms with Crippen LogP contribution in [0, 0.1) is 5.41 Å². The van der Waals surface area contributed by atoms with E-state index in [-0.39, 0.29) is 17.8 Å². The maximum atomic E-state index is 11.7. The average molecular weight is 222 g/mol. The van der Waals surface area contributed by atoms with Gasteiger partial charge in [0.25, 0.3) is 0 Å². The summed E-state index contributed by atoms with van der Waals surface area (Å²) >= 11 is 0. The third kappa shape index (κ3) is 3.70. The lowest BCUT2D eigenvalue weighted by atomic mass is 9.86. The van der Waals surface area contributed by atoms with Crippen LogP contribution >= 0.6 is 0 Å². The van der Waals surface area contributed by atoms with Crippen molar-refractivity contribution in [1.82, 2.24) is 9.97 Å². The molecule has 0 saturated heterocycles. The molecule has 0 fully saturated rings. The molecule has 0 amide bonds. The molecule has 1 aromatic rings. The van der Waals surface area contributed by atoms with Crippen LogP contribution in [0.25, 0.3) is 0 Å². The molecule has 0 aliphatic rings. The summed E-state index contributed by atoms with van der Waals surface area (Å²) in [7, 11) is 0. The SMILES string of the molecule is CCC(C)(C)C(=O)COCc1cncnc1. The smallest absolute Gasteiger partial charge is 0.164 e. The number of hydrogen-bond donors (Lipinski definition) is 0. The number of ether oxygens (including phenoxy) is 1. The topological polar surface area (TPSA) is 52.1 Å². The normalized spacial score (nSPS) is 11.4. The van der Waals surface area contributed by atoms with Crippen molar-refractivity contribution in [3.8, 4) is 0 Å². The van der Waals surface area contributed by atoms with Crippen LogP contribution in [-0.2, 0) is 16.1 Å². The summed E-state index contributed by atoms with van der Waals surface area (Å²) in [4.78, 5) is 19.5. The van der Waals surface area contributed by atoms with E-state index in [1.807, 2.05) is 20.8 Å². The van der Waals surface area contributed by atoms with Gasteiger partial charge in [-0.05, 0) is 6.42 Å². The maximum Gasteiger partial charge on any atom is 0.164 e. The molecule has 0 aliphatic heterocycles. The van der Waals surface area contributed by atoms with E-state index >= 15 is 0 Å². The van der Waals surface area contributed by atoms with Crippen LogP contribution in [0.5, 0.6) is 0 Å². The third-order valence-corrected chi connectivity index (χ3v) is 2.75. The Labute approximate surface area is 96.1 Å². The number of rotatable bonds is 6. The molecule has 0 aliphatic carbocycles. The van der Waals surface area contributed by atoms with E-state index in [1.54, 1.807) is 12.4 Å². The van der Waals surface area contributed by atoms with Crippen molar-refractivity contribution in [3.63, 3.8) is 0 Å². The van der Waals surface area contributed by atoms with Crippen LogP contribution in [0.3, 0.4) is 0 Å². The molecule has 0 aromatic carbocycles. The van der Waals surface area contributed by atoms with Gasteiger partial charge in [-0.2, -0.15) is 0 Å². The first kappa shape index (κ1) is 12.8. The Morgan fingerprint density at radius 1 is 1.38 bits per heavy atom. The highest BCUT2D eigenvalue weighted by Gasteiger charge is 2.24. The molecule has 1 aromatic heterocycles. The fourth-order valence-corrected chi connectivity index (χ4v) is 1.06. The van der Waals surface area contributed by atoms with E-state index in [0.29, 0.717) is 6.61 Å². The number of ketones is 1. The van der Waals surface area contributed by atoms with Gasteiger partial charge in [0.15, 0.2) is 5.78 Å². The van der Waals surface area contributed by atoms with Crippen molar-refractivity contribution < 1.29 is 9.53 Å². The van der Waals surface area contributed by atoms with Crippen LogP contribution in [-0.4, -0.2) is 22.4 Å². The number of carbonyl (C=O) groups is 1. The molecule has 1 heterocycles. The Balaban J connectivity index is 2.34. The van der Waals surface area contributed by atoms with Gasteiger partial charge in [0.05, 0.1) is 6.61 Å². The second-order valence-electron chi connectivity index (χ2n) is 4.40. The standard InChI is InChI=1S/C12H18N2O2/c1-4-12(2,3)11(15)8-16-7-10-5-13-9-14-6-10/h5-6,9H,4,7-8H2,1-3H3. The lowest BCUT2D eigenvalue weighted by Gasteiger charge is -2.20. The number of carbonyl (C=O) groups excluding carboxylic acids is 1.